The molecule has 0 spiro atoms. The Kier molecular flexibility index (Phi) is 4.43. The quantitative estimate of drug-likeness (QED) is 0.863. The third-order valence-corrected chi connectivity index (χ3v) is 4.41. The molecule has 0 bridgehead atoms. The van der Waals surface area contributed by atoms with Crippen molar-refractivity contribution < 1.29 is 9.32 Å². The lowest BCUT2D eigenvalue weighted by Crippen LogP contribution is -2.41. The Bertz CT molecular complexity index is 713. The van der Waals surface area contributed by atoms with Crippen molar-refractivity contribution in [3.63, 3.8) is 0 Å². The second kappa shape index (κ2) is 6.37. The Morgan fingerprint density at radius 1 is 1.42 bits per heavy atom. The lowest BCUT2D eigenvalue weighted by Gasteiger charge is -2.32. The lowest BCUT2D eigenvalue weighted by atomic mass is 9.93. The predicted molar refractivity (Wildman–Crippen MR) is 88.6 cm³/mol. The number of piperidine rings is 1. The van der Waals surface area contributed by atoms with Crippen LogP contribution in [0, 0.1) is 12.8 Å². The number of amides is 1. The van der Waals surface area contributed by atoms with Crippen molar-refractivity contribution in [2.24, 2.45) is 5.92 Å². The minimum Gasteiger partial charge on any atom is -0.361 e. The molecule has 7 nitrogen and oxygen atoms in total. The van der Waals surface area contributed by atoms with Crippen molar-refractivity contribution in [3.05, 3.63) is 29.4 Å². The van der Waals surface area contributed by atoms with Crippen LogP contribution in [0.3, 0.4) is 0 Å². The Labute approximate surface area is 142 Å². The summed E-state index contributed by atoms with van der Waals surface area (Å²) in [6.07, 6.45) is 4.10. The molecule has 130 valence electrons. The zero-order valence-electron chi connectivity index (χ0n) is 14.8. The van der Waals surface area contributed by atoms with Crippen LogP contribution >= 0.6 is 0 Å². The Morgan fingerprint density at radius 2 is 2.21 bits per heavy atom. The van der Waals surface area contributed by atoms with Gasteiger partial charge >= 0.3 is 0 Å². The van der Waals surface area contributed by atoms with Crippen LogP contribution in [0.15, 0.2) is 16.8 Å². The first-order valence-corrected chi connectivity index (χ1v) is 8.46. The summed E-state index contributed by atoms with van der Waals surface area (Å²) < 4.78 is 6.92. The molecule has 3 heterocycles. The molecule has 0 N–H and O–H groups in total. The number of hydrogen-bond acceptors (Lipinski definition) is 5. The van der Waals surface area contributed by atoms with Crippen LogP contribution in [-0.4, -0.2) is 44.0 Å². The van der Waals surface area contributed by atoms with Crippen molar-refractivity contribution >= 4 is 5.91 Å². The highest BCUT2D eigenvalue weighted by atomic mass is 16.5. The van der Waals surface area contributed by atoms with Crippen molar-refractivity contribution in [2.45, 2.75) is 52.5 Å². The van der Waals surface area contributed by atoms with Gasteiger partial charge in [-0.05, 0) is 25.7 Å². The van der Waals surface area contributed by atoms with Crippen LogP contribution in [0.5, 0.6) is 0 Å². The van der Waals surface area contributed by atoms with Gasteiger partial charge in [0, 0.05) is 37.3 Å². The number of aryl methyl sites for hydroxylation is 1. The van der Waals surface area contributed by atoms with Gasteiger partial charge in [0.2, 0.25) is 0 Å². The zero-order valence-corrected chi connectivity index (χ0v) is 14.8. The largest absolute Gasteiger partial charge is 0.361 e. The molecule has 0 unspecified atom stereocenters. The van der Waals surface area contributed by atoms with Gasteiger partial charge in [0.05, 0.1) is 5.69 Å². The molecule has 1 aliphatic rings. The number of nitrogens with zero attached hydrogens (tertiary/aromatic N) is 5. The number of hydrogen-bond donors (Lipinski definition) is 0. The number of carbonyl (C=O) groups is 1. The van der Waals surface area contributed by atoms with E-state index in [1.807, 2.05) is 15.8 Å². The van der Waals surface area contributed by atoms with Gasteiger partial charge in [0.1, 0.15) is 5.76 Å². The molecular weight excluding hydrogens is 306 g/mol. The number of rotatable bonds is 3. The molecule has 1 amide bonds. The highest BCUT2D eigenvalue weighted by Crippen LogP contribution is 2.22. The molecule has 0 radical (unpaired) electrons. The first-order chi connectivity index (χ1) is 11.3. The zero-order chi connectivity index (χ0) is 17.3. The van der Waals surface area contributed by atoms with Crippen LogP contribution in [0.4, 0.5) is 0 Å². The molecule has 2 aromatic rings. The van der Waals surface area contributed by atoms with E-state index in [0.717, 1.165) is 38.2 Å². The summed E-state index contributed by atoms with van der Waals surface area (Å²) in [5.74, 6) is 0.986. The predicted octanol–water partition coefficient (Wildman–Crippen LogP) is 2.42. The fraction of sp³-hybridized carbons (Fsp3) is 0.647. The first kappa shape index (κ1) is 16.7. The minimum atomic E-state index is -0.0504. The van der Waals surface area contributed by atoms with Crippen molar-refractivity contribution in [1.82, 2.24) is 25.1 Å². The van der Waals surface area contributed by atoms with Crippen LogP contribution in [0.25, 0.3) is 0 Å². The molecule has 3 rings (SSSR count). The first-order valence-electron chi connectivity index (χ1n) is 8.46. The van der Waals surface area contributed by atoms with Gasteiger partial charge in [-0.2, -0.15) is 0 Å². The van der Waals surface area contributed by atoms with E-state index < -0.39 is 0 Å². The van der Waals surface area contributed by atoms with E-state index in [0.29, 0.717) is 17.4 Å². The highest BCUT2D eigenvalue weighted by Gasteiger charge is 2.27. The van der Waals surface area contributed by atoms with E-state index in [-0.39, 0.29) is 11.3 Å². The van der Waals surface area contributed by atoms with E-state index in [1.54, 1.807) is 13.0 Å². The standard InChI is InChI=1S/C17H25N5O2/c1-12-8-14(19-24-12)16(23)21-7-5-6-13(9-21)10-22-11-15(18-20-22)17(2,3)4/h8,11,13H,5-7,9-10H2,1-4H3/t13-/m1/s1. The average molecular weight is 331 g/mol. The summed E-state index contributed by atoms with van der Waals surface area (Å²) in [4.78, 5) is 14.4. The molecule has 0 saturated carbocycles. The second-order valence-electron chi connectivity index (χ2n) is 7.66. The molecule has 24 heavy (non-hydrogen) atoms. The average Bonchev–Trinajstić information content (AvgIpc) is 3.15. The molecular formula is C17H25N5O2. The fourth-order valence-corrected chi connectivity index (χ4v) is 3.02. The maximum Gasteiger partial charge on any atom is 0.276 e. The molecule has 2 aromatic heterocycles. The SMILES string of the molecule is Cc1cc(C(=O)N2CCC[C@@H](Cn3cc(C(C)(C)C)nn3)C2)no1. The topological polar surface area (TPSA) is 77.1 Å². The maximum absolute atomic E-state index is 12.5. The van der Waals surface area contributed by atoms with Crippen LogP contribution in [-0.2, 0) is 12.0 Å². The maximum atomic E-state index is 12.5. The number of aromatic nitrogens is 4. The summed E-state index contributed by atoms with van der Waals surface area (Å²) in [5, 5.41) is 12.3. The lowest BCUT2D eigenvalue weighted by molar-refractivity contribution is 0.0649. The van der Waals surface area contributed by atoms with E-state index in [4.69, 9.17) is 4.52 Å². The molecule has 1 saturated heterocycles. The molecule has 0 aromatic carbocycles. The van der Waals surface area contributed by atoms with Gasteiger partial charge in [0.15, 0.2) is 5.69 Å². The van der Waals surface area contributed by atoms with Crippen molar-refractivity contribution in [3.8, 4) is 0 Å². The van der Waals surface area contributed by atoms with E-state index >= 15 is 0 Å². The third-order valence-electron chi connectivity index (χ3n) is 4.41. The minimum absolute atomic E-state index is 0.00235. The van der Waals surface area contributed by atoms with Gasteiger partial charge in [0.25, 0.3) is 5.91 Å². The van der Waals surface area contributed by atoms with E-state index in [9.17, 15) is 4.79 Å². The van der Waals surface area contributed by atoms with Gasteiger partial charge in [-0.1, -0.05) is 31.1 Å². The summed E-state index contributed by atoms with van der Waals surface area (Å²) >= 11 is 0. The highest BCUT2D eigenvalue weighted by molar-refractivity contribution is 5.92. The summed E-state index contributed by atoms with van der Waals surface area (Å²) in [5.41, 5.74) is 1.38. The van der Waals surface area contributed by atoms with Crippen molar-refractivity contribution in [1.29, 1.82) is 0 Å². The smallest absolute Gasteiger partial charge is 0.276 e. The van der Waals surface area contributed by atoms with Crippen LogP contribution in [0.2, 0.25) is 0 Å². The monoisotopic (exact) mass is 331 g/mol. The van der Waals surface area contributed by atoms with Crippen LogP contribution < -0.4 is 0 Å². The summed E-state index contributed by atoms with van der Waals surface area (Å²) in [7, 11) is 0. The normalized spacial score (nSPS) is 18.8. The van der Waals surface area contributed by atoms with E-state index in [2.05, 4.69) is 36.2 Å². The van der Waals surface area contributed by atoms with Gasteiger partial charge in [-0.3, -0.25) is 9.48 Å². The van der Waals surface area contributed by atoms with Crippen molar-refractivity contribution in [2.75, 3.05) is 13.1 Å². The Hall–Kier alpha value is -2.18. The molecule has 7 heteroatoms. The molecule has 0 aliphatic carbocycles. The molecule has 1 fully saturated rings. The number of carbonyl (C=O) groups excluding carboxylic acids is 1. The summed E-state index contributed by atoms with van der Waals surface area (Å²) in [6, 6.07) is 1.69. The van der Waals surface area contributed by atoms with Gasteiger partial charge in [-0.25, -0.2) is 0 Å². The molecule has 1 aliphatic heterocycles. The summed E-state index contributed by atoms with van der Waals surface area (Å²) in [6.45, 7) is 10.4. The van der Waals surface area contributed by atoms with Crippen LogP contribution in [0.1, 0.15) is 55.6 Å². The van der Waals surface area contributed by atoms with Gasteiger partial charge < -0.3 is 9.42 Å². The Morgan fingerprint density at radius 3 is 2.83 bits per heavy atom. The van der Waals surface area contributed by atoms with E-state index in [1.165, 1.54) is 0 Å². The van der Waals surface area contributed by atoms with Gasteiger partial charge in [-0.15, -0.1) is 5.10 Å². The third kappa shape index (κ3) is 3.66. The number of likely N-dealkylation sites (tertiary alicyclic amines) is 1. The second-order valence-corrected chi connectivity index (χ2v) is 7.66. The molecule has 1 atom stereocenters. The Balaban J connectivity index is 1.63. The fourth-order valence-electron chi connectivity index (χ4n) is 3.02.